The molecule has 6 nitrogen and oxygen atoms in total. The fourth-order valence-electron chi connectivity index (χ4n) is 3.92. The topological polar surface area (TPSA) is 105 Å². The Morgan fingerprint density at radius 1 is 1.14 bits per heavy atom. The summed E-state index contributed by atoms with van der Waals surface area (Å²) in [6.07, 6.45) is 1.67. The molecule has 1 aliphatic rings. The second-order valence-corrected chi connectivity index (χ2v) is 7.13. The summed E-state index contributed by atoms with van der Waals surface area (Å²) in [5.41, 5.74) is 9.64. The summed E-state index contributed by atoms with van der Waals surface area (Å²) in [5, 5.41) is 11.5. The summed E-state index contributed by atoms with van der Waals surface area (Å²) in [4.78, 5) is 20.4. The van der Waals surface area contributed by atoms with Crippen LogP contribution in [0.15, 0.2) is 71.0 Å². The molecule has 0 amide bonds. The van der Waals surface area contributed by atoms with E-state index in [0.717, 1.165) is 21.9 Å². The smallest absolute Gasteiger partial charge is 0.252 e. The molecule has 6 heteroatoms. The molecule has 5 rings (SSSR count). The Bertz CT molecular complexity index is 1440. The lowest BCUT2D eigenvalue weighted by molar-refractivity contribution is 0.397. The maximum absolute atomic E-state index is 13.0. The fraction of sp³-hybridized carbons (Fsp3) is 0.0870. The second-order valence-electron chi connectivity index (χ2n) is 7.13. The number of fused-ring (bicyclic) bond motifs is 4. The van der Waals surface area contributed by atoms with Crippen LogP contribution in [-0.2, 0) is 0 Å². The predicted octanol–water partition coefficient (Wildman–Crippen LogP) is 3.60. The van der Waals surface area contributed by atoms with Crippen molar-refractivity contribution in [1.29, 1.82) is 5.26 Å². The van der Waals surface area contributed by atoms with Gasteiger partial charge in [0, 0.05) is 28.2 Å². The van der Waals surface area contributed by atoms with Gasteiger partial charge < -0.3 is 15.5 Å². The number of pyridine rings is 2. The molecule has 0 radical (unpaired) electrons. The molecular formula is C23H16N4O2. The van der Waals surface area contributed by atoms with Crippen molar-refractivity contribution in [1.82, 2.24) is 9.97 Å². The molecule has 0 unspecified atom stereocenters. The van der Waals surface area contributed by atoms with Gasteiger partial charge in [-0.2, -0.15) is 5.26 Å². The van der Waals surface area contributed by atoms with Gasteiger partial charge in [-0.25, -0.2) is 0 Å². The highest BCUT2D eigenvalue weighted by molar-refractivity contribution is 5.87. The van der Waals surface area contributed by atoms with Crippen molar-refractivity contribution in [3.05, 3.63) is 93.2 Å². The first kappa shape index (κ1) is 17.0. The van der Waals surface area contributed by atoms with Gasteiger partial charge in [-0.15, -0.1) is 0 Å². The number of rotatable bonds is 1. The summed E-state index contributed by atoms with van der Waals surface area (Å²) in [6, 6.07) is 17.3. The normalized spacial score (nSPS) is 15.8. The molecule has 29 heavy (non-hydrogen) atoms. The SMILES string of the molecule is Cc1ccc2cc([C@@H]3C(C#N)=C(N)Oc4c3ccc3cccnc43)c(=O)[nH]c2c1. The molecule has 2 aromatic carbocycles. The van der Waals surface area contributed by atoms with Crippen LogP contribution in [0.5, 0.6) is 5.75 Å². The van der Waals surface area contributed by atoms with Gasteiger partial charge in [0.1, 0.15) is 17.2 Å². The Morgan fingerprint density at radius 3 is 2.79 bits per heavy atom. The van der Waals surface area contributed by atoms with Crippen molar-refractivity contribution in [2.75, 3.05) is 0 Å². The molecule has 0 fully saturated rings. The Labute approximate surface area is 165 Å². The van der Waals surface area contributed by atoms with Crippen molar-refractivity contribution in [2.24, 2.45) is 5.73 Å². The average molecular weight is 380 g/mol. The summed E-state index contributed by atoms with van der Waals surface area (Å²) < 4.78 is 5.80. The first-order valence-electron chi connectivity index (χ1n) is 9.15. The first-order chi connectivity index (χ1) is 14.1. The quantitative estimate of drug-likeness (QED) is 0.525. The second kappa shape index (κ2) is 6.21. The number of nitriles is 1. The zero-order chi connectivity index (χ0) is 20.1. The summed E-state index contributed by atoms with van der Waals surface area (Å²) >= 11 is 0. The Balaban J connectivity index is 1.83. The zero-order valence-corrected chi connectivity index (χ0v) is 15.6. The molecule has 140 valence electrons. The van der Waals surface area contributed by atoms with Crippen LogP contribution < -0.4 is 16.0 Å². The highest BCUT2D eigenvalue weighted by Crippen LogP contribution is 2.44. The van der Waals surface area contributed by atoms with Gasteiger partial charge in [-0.05, 0) is 36.1 Å². The largest absolute Gasteiger partial charge is 0.438 e. The Morgan fingerprint density at radius 2 is 1.97 bits per heavy atom. The lowest BCUT2D eigenvalue weighted by Crippen LogP contribution is -2.25. The average Bonchev–Trinajstić information content (AvgIpc) is 2.72. The lowest BCUT2D eigenvalue weighted by Gasteiger charge is -2.26. The molecule has 3 heterocycles. The van der Waals surface area contributed by atoms with Crippen LogP contribution in [0.1, 0.15) is 22.6 Å². The van der Waals surface area contributed by atoms with Crippen LogP contribution in [0.4, 0.5) is 0 Å². The van der Waals surface area contributed by atoms with Gasteiger partial charge in [0.05, 0.1) is 5.92 Å². The van der Waals surface area contributed by atoms with E-state index in [-0.39, 0.29) is 17.0 Å². The van der Waals surface area contributed by atoms with E-state index >= 15 is 0 Å². The van der Waals surface area contributed by atoms with E-state index in [4.69, 9.17) is 10.5 Å². The van der Waals surface area contributed by atoms with Crippen LogP contribution in [0.2, 0.25) is 0 Å². The van der Waals surface area contributed by atoms with Crippen molar-refractivity contribution < 1.29 is 4.74 Å². The number of hydrogen-bond donors (Lipinski definition) is 2. The van der Waals surface area contributed by atoms with E-state index in [1.54, 1.807) is 6.20 Å². The van der Waals surface area contributed by atoms with Crippen molar-refractivity contribution in [3.63, 3.8) is 0 Å². The van der Waals surface area contributed by atoms with E-state index in [0.29, 0.717) is 22.4 Å². The number of benzene rings is 2. The number of aryl methyl sites for hydroxylation is 1. The molecule has 0 spiro atoms. The highest BCUT2D eigenvalue weighted by Gasteiger charge is 2.33. The van der Waals surface area contributed by atoms with Crippen LogP contribution in [0.25, 0.3) is 21.8 Å². The molecule has 0 aliphatic carbocycles. The molecule has 3 N–H and O–H groups in total. The number of H-pyrrole nitrogens is 1. The third kappa shape index (κ3) is 2.56. The highest BCUT2D eigenvalue weighted by atomic mass is 16.5. The molecule has 1 aliphatic heterocycles. The minimum Gasteiger partial charge on any atom is -0.438 e. The van der Waals surface area contributed by atoms with E-state index < -0.39 is 5.92 Å². The van der Waals surface area contributed by atoms with Gasteiger partial charge in [0.25, 0.3) is 5.56 Å². The third-order valence-electron chi connectivity index (χ3n) is 5.30. The van der Waals surface area contributed by atoms with Crippen molar-refractivity contribution in [2.45, 2.75) is 12.8 Å². The number of hydrogen-bond acceptors (Lipinski definition) is 5. The molecular weight excluding hydrogens is 364 g/mol. The van der Waals surface area contributed by atoms with Crippen molar-refractivity contribution >= 4 is 21.8 Å². The van der Waals surface area contributed by atoms with Crippen LogP contribution in [0.3, 0.4) is 0 Å². The minimum atomic E-state index is -0.635. The zero-order valence-electron chi connectivity index (χ0n) is 15.6. The number of nitrogens with zero attached hydrogens (tertiary/aromatic N) is 2. The predicted molar refractivity (Wildman–Crippen MR) is 110 cm³/mol. The summed E-state index contributed by atoms with van der Waals surface area (Å²) in [7, 11) is 0. The monoisotopic (exact) mass is 380 g/mol. The van der Waals surface area contributed by atoms with Gasteiger partial charge in [-0.1, -0.05) is 30.3 Å². The summed E-state index contributed by atoms with van der Waals surface area (Å²) in [6.45, 7) is 1.97. The number of ether oxygens (including phenoxy) is 1. The molecule has 2 aromatic heterocycles. The van der Waals surface area contributed by atoms with Gasteiger partial charge in [-0.3, -0.25) is 9.78 Å². The third-order valence-corrected chi connectivity index (χ3v) is 5.30. The van der Waals surface area contributed by atoms with E-state index in [2.05, 4.69) is 16.0 Å². The lowest BCUT2D eigenvalue weighted by atomic mass is 9.83. The maximum atomic E-state index is 13.0. The van der Waals surface area contributed by atoms with Gasteiger partial charge in [0.15, 0.2) is 5.75 Å². The Hall–Kier alpha value is -4.11. The van der Waals surface area contributed by atoms with E-state index in [1.807, 2.05) is 55.5 Å². The van der Waals surface area contributed by atoms with Crippen LogP contribution >= 0.6 is 0 Å². The summed E-state index contributed by atoms with van der Waals surface area (Å²) in [5.74, 6) is -0.163. The van der Waals surface area contributed by atoms with Gasteiger partial charge in [0.2, 0.25) is 5.88 Å². The standard InChI is InChI=1S/C23H16N4O2/c1-12-4-5-14-10-16(23(28)27-18(14)9-12)19-15-7-6-13-3-2-8-26-20(13)21(15)29-22(25)17(19)11-24/h2-10,19H,25H2,1H3,(H,27,28)/t19-/m1/s1. The molecule has 4 aromatic rings. The molecule has 0 saturated carbocycles. The number of nitrogens with one attached hydrogen (secondary N) is 1. The number of nitrogens with two attached hydrogens (primary N) is 1. The number of allylic oxidation sites excluding steroid dienone is 1. The number of aromatic nitrogens is 2. The Kier molecular flexibility index (Phi) is 3.65. The first-order valence-corrected chi connectivity index (χ1v) is 9.15. The fourth-order valence-corrected chi connectivity index (χ4v) is 3.92. The maximum Gasteiger partial charge on any atom is 0.252 e. The van der Waals surface area contributed by atoms with E-state index in [1.165, 1.54) is 0 Å². The molecule has 1 atom stereocenters. The van der Waals surface area contributed by atoms with Gasteiger partial charge >= 0.3 is 0 Å². The molecule has 0 saturated heterocycles. The number of aromatic amines is 1. The van der Waals surface area contributed by atoms with Crippen molar-refractivity contribution in [3.8, 4) is 11.8 Å². The minimum absolute atomic E-state index is 0.00782. The van der Waals surface area contributed by atoms with Crippen LogP contribution in [-0.4, -0.2) is 9.97 Å². The van der Waals surface area contributed by atoms with Crippen LogP contribution in [0, 0.1) is 18.3 Å². The molecule has 0 bridgehead atoms. The van der Waals surface area contributed by atoms with E-state index in [9.17, 15) is 10.1 Å².